The van der Waals surface area contributed by atoms with Gasteiger partial charge in [-0.3, -0.25) is 0 Å². The molecule has 0 bridgehead atoms. The number of aryl methyl sites for hydroxylation is 6. The van der Waals surface area contributed by atoms with Crippen molar-refractivity contribution in [2.45, 2.75) is 158 Å². The average Bonchev–Trinajstić information content (AvgIpc) is 3.73. The largest absolute Gasteiger partial charge is 0.357 e. The lowest BCUT2D eigenvalue weighted by atomic mass is 9.99. The zero-order chi connectivity index (χ0) is 46.0. The fourth-order valence-electron chi connectivity index (χ4n) is 7.24. The van der Waals surface area contributed by atoms with Gasteiger partial charge >= 0.3 is 0 Å². The number of benzene rings is 2. The molecule has 2 aromatic carbocycles. The summed E-state index contributed by atoms with van der Waals surface area (Å²) in [6.07, 6.45) is 11.7. The smallest absolute Gasteiger partial charge is 0.146 e. The van der Waals surface area contributed by atoms with Crippen molar-refractivity contribution in [3.05, 3.63) is 152 Å². The maximum atomic E-state index is 3.66. The fraction of sp³-hybridized carbons (Fsp3) is 0.527. The van der Waals surface area contributed by atoms with Gasteiger partial charge in [0.2, 0.25) is 0 Å². The van der Waals surface area contributed by atoms with E-state index in [1.807, 2.05) is 67.5 Å². The number of hydrogen-bond acceptors (Lipinski definition) is 4. The van der Waals surface area contributed by atoms with Crippen LogP contribution in [0, 0.1) is 41.5 Å². The quantitative estimate of drug-likeness (QED) is 0.185. The van der Waals surface area contributed by atoms with Crippen LogP contribution < -0.4 is 0 Å². The molecule has 0 radical (unpaired) electrons. The van der Waals surface area contributed by atoms with Crippen LogP contribution in [0.1, 0.15) is 148 Å². The SMILES string of the molecule is C/C=C(C)/C(C)=C\C(C)=C/CC.C=C(C)/C=C/C.C=C(C)C.CC.CC.CCN1CCN(Cc2c(C)cc(C)cc2C)/C1=C1\N(C)CCN1Cc1c(C)cc(C)cc1C. The van der Waals surface area contributed by atoms with Crippen molar-refractivity contribution >= 4 is 0 Å². The van der Waals surface area contributed by atoms with Crippen LogP contribution in [0.25, 0.3) is 0 Å². The Balaban J connectivity index is 0. The van der Waals surface area contributed by atoms with E-state index in [2.05, 4.69) is 165 Å². The van der Waals surface area contributed by atoms with E-state index in [0.29, 0.717) is 0 Å². The highest BCUT2D eigenvalue weighted by Crippen LogP contribution is 2.33. The van der Waals surface area contributed by atoms with Crippen molar-refractivity contribution in [1.29, 1.82) is 0 Å². The molecule has 2 heterocycles. The molecule has 0 amide bonds. The number of likely N-dealkylation sites (N-methyl/N-ethyl adjacent to an activating group) is 2. The molecule has 0 atom stereocenters. The summed E-state index contributed by atoms with van der Waals surface area (Å²) in [5, 5.41) is 0. The predicted octanol–water partition coefficient (Wildman–Crippen LogP) is 15.3. The van der Waals surface area contributed by atoms with Crippen LogP contribution in [0.2, 0.25) is 0 Å². The Kier molecular flexibility index (Phi) is 29.7. The van der Waals surface area contributed by atoms with Gasteiger partial charge in [0.25, 0.3) is 0 Å². The van der Waals surface area contributed by atoms with Crippen LogP contribution in [-0.2, 0) is 13.1 Å². The molecular formula is C55H92N4. The van der Waals surface area contributed by atoms with Gasteiger partial charge in [0.05, 0.1) is 0 Å². The Hall–Kier alpha value is -4.18. The van der Waals surface area contributed by atoms with Crippen molar-refractivity contribution in [2.75, 3.05) is 39.8 Å². The Morgan fingerprint density at radius 1 is 0.610 bits per heavy atom. The Morgan fingerprint density at radius 2 is 1.00 bits per heavy atom. The fourth-order valence-corrected chi connectivity index (χ4v) is 7.24. The average molecular weight is 809 g/mol. The molecule has 59 heavy (non-hydrogen) atoms. The first-order valence-electron chi connectivity index (χ1n) is 22.5. The highest BCUT2D eigenvalue weighted by Gasteiger charge is 2.35. The normalized spacial score (nSPS) is 15.2. The molecule has 332 valence electrons. The summed E-state index contributed by atoms with van der Waals surface area (Å²) < 4.78 is 0. The topological polar surface area (TPSA) is 13.0 Å². The molecule has 2 aliphatic rings. The standard InChI is InChI=1S/C29H42N4.C12H20.C6H10.C4H8.2C2H6/c1-9-31-12-13-33(19-27-24(6)16-21(3)17-25(27)7)29(31)28-30(8)10-11-32(28)18-26-22(4)14-20(2)15-23(26)5;1-6-8-10(3)9-12(5)11(4)7-2;1-4-5-6(2)3;1-4(2)3;2*1-2/h14-17H,9-13,18-19H2,1-8H3;7-9H,6H2,1-5H3;4-5H,2H2,1,3H3;1H2,2-3H3;2*1-2H3/b29-28+;10-8-,11-7+,12-9-;5-4+;;;. The highest BCUT2D eigenvalue weighted by atomic mass is 15.5. The second-order valence-corrected chi connectivity index (χ2v) is 16.0. The summed E-state index contributed by atoms with van der Waals surface area (Å²) in [7, 11) is 2.27. The van der Waals surface area contributed by atoms with E-state index < -0.39 is 0 Å². The van der Waals surface area contributed by atoms with Crippen LogP contribution in [-0.4, -0.2) is 59.4 Å². The molecule has 4 nitrogen and oxygen atoms in total. The van der Waals surface area contributed by atoms with E-state index >= 15 is 0 Å². The molecule has 0 unspecified atom stereocenters. The van der Waals surface area contributed by atoms with Crippen LogP contribution in [0.3, 0.4) is 0 Å². The predicted molar refractivity (Wildman–Crippen MR) is 269 cm³/mol. The minimum Gasteiger partial charge on any atom is -0.357 e. The second kappa shape index (κ2) is 30.8. The van der Waals surface area contributed by atoms with Gasteiger partial charge in [0.1, 0.15) is 11.6 Å². The number of allylic oxidation sites excluding steroid dienone is 10. The number of nitrogens with zero attached hydrogens (tertiary/aromatic N) is 4. The third-order valence-corrected chi connectivity index (χ3v) is 10.0. The van der Waals surface area contributed by atoms with E-state index in [9.17, 15) is 0 Å². The third-order valence-electron chi connectivity index (χ3n) is 10.0. The zero-order valence-corrected chi connectivity index (χ0v) is 42.6. The molecule has 2 aromatic rings. The van der Waals surface area contributed by atoms with Gasteiger partial charge in [-0.25, -0.2) is 0 Å². The van der Waals surface area contributed by atoms with Crippen LogP contribution in [0.15, 0.2) is 107 Å². The molecule has 4 heteroatoms. The van der Waals surface area contributed by atoms with E-state index in [4.69, 9.17) is 0 Å². The summed E-state index contributed by atoms with van der Waals surface area (Å²) in [5.41, 5.74) is 17.7. The van der Waals surface area contributed by atoms with Gasteiger partial charge in [0.15, 0.2) is 0 Å². The molecule has 0 aliphatic carbocycles. The Morgan fingerprint density at radius 3 is 1.34 bits per heavy atom. The second-order valence-electron chi connectivity index (χ2n) is 16.0. The molecule has 4 rings (SSSR count). The number of rotatable bonds is 9. The minimum absolute atomic E-state index is 0.981. The summed E-state index contributed by atoms with van der Waals surface area (Å²) in [6, 6.07) is 9.33. The summed E-state index contributed by atoms with van der Waals surface area (Å²) in [6.45, 7) is 56.9. The van der Waals surface area contributed by atoms with Crippen LogP contribution >= 0.6 is 0 Å². The molecule has 2 fully saturated rings. The summed E-state index contributed by atoms with van der Waals surface area (Å²) >= 11 is 0. The van der Waals surface area contributed by atoms with Crippen molar-refractivity contribution < 1.29 is 0 Å². The molecule has 0 spiro atoms. The lowest BCUT2D eigenvalue weighted by Gasteiger charge is -2.33. The van der Waals surface area contributed by atoms with Crippen molar-refractivity contribution in [2.24, 2.45) is 0 Å². The van der Waals surface area contributed by atoms with Crippen LogP contribution in [0.4, 0.5) is 0 Å². The van der Waals surface area contributed by atoms with Gasteiger partial charge in [-0.05, 0) is 149 Å². The minimum atomic E-state index is 0.981. The Bertz CT molecular complexity index is 1680. The molecular weight excluding hydrogens is 717 g/mol. The van der Waals surface area contributed by atoms with E-state index in [-0.39, 0.29) is 0 Å². The lowest BCUT2D eigenvalue weighted by Crippen LogP contribution is -2.33. The molecule has 0 N–H and O–H groups in total. The maximum absolute atomic E-state index is 3.66. The number of hydrogen-bond donors (Lipinski definition) is 0. The van der Waals surface area contributed by atoms with Gasteiger partial charge in [-0.2, -0.15) is 0 Å². The maximum Gasteiger partial charge on any atom is 0.146 e. The lowest BCUT2D eigenvalue weighted by molar-refractivity contribution is 0.266. The first kappa shape index (κ1) is 56.9. The van der Waals surface area contributed by atoms with Crippen molar-refractivity contribution in [3.8, 4) is 0 Å². The monoisotopic (exact) mass is 809 g/mol. The van der Waals surface area contributed by atoms with Gasteiger partial charge in [0, 0.05) is 52.9 Å². The Labute approximate surface area is 367 Å². The molecule has 0 aromatic heterocycles. The summed E-state index contributed by atoms with van der Waals surface area (Å²) in [5.74, 6) is 2.82. The van der Waals surface area contributed by atoms with Gasteiger partial charge < -0.3 is 19.6 Å². The molecule has 0 saturated carbocycles. The zero-order valence-electron chi connectivity index (χ0n) is 42.6. The van der Waals surface area contributed by atoms with Crippen molar-refractivity contribution in [3.63, 3.8) is 0 Å². The third kappa shape index (κ3) is 20.6. The van der Waals surface area contributed by atoms with Gasteiger partial charge in [-0.15, -0.1) is 6.58 Å². The molecule has 2 saturated heterocycles. The van der Waals surface area contributed by atoms with E-state index in [0.717, 1.165) is 57.8 Å². The van der Waals surface area contributed by atoms with Crippen LogP contribution in [0.5, 0.6) is 0 Å². The first-order valence-corrected chi connectivity index (χ1v) is 22.5. The van der Waals surface area contributed by atoms with E-state index in [1.165, 1.54) is 78.4 Å². The van der Waals surface area contributed by atoms with E-state index in [1.54, 1.807) is 0 Å². The molecule has 2 aliphatic heterocycles. The highest BCUT2D eigenvalue weighted by molar-refractivity contribution is 5.40. The van der Waals surface area contributed by atoms with Crippen molar-refractivity contribution in [1.82, 2.24) is 19.6 Å². The van der Waals surface area contributed by atoms with Gasteiger partial charge in [-0.1, -0.05) is 129 Å². The summed E-state index contributed by atoms with van der Waals surface area (Å²) in [4.78, 5) is 10.3. The first-order chi connectivity index (χ1) is 27.8.